The third kappa shape index (κ3) is 7.53. The molecule has 7 nitrogen and oxygen atoms in total. The number of carboxylic acid groups (broad SMARTS) is 1. The predicted molar refractivity (Wildman–Crippen MR) is 104 cm³/mol. The second-order valence-corrected chi connectivity index (χ2v) is 9.53. The Bertz CT molecular complexity index is 804. The van der Waals surface area contributed by atoms with E-state index in [0.717, 1.165) is 38.9 Å². The number of hydrogen-bond acceptors (Lipinski definition) is 5. The highest BCUT2D eigenvalue weighted by molar-refractivity contribution is 7.89. The molecule has 2 atom stereocenters. The molecule has 30 heavy (non-hydrogen) atoms. The van der Waals surface area contributed by atoms with Crippen molar-refractivity contribution in [3.05, 3.63) is 35.9 Å². The summed E-state index contributed by atoms with van der Waals surface area (Å²) in [6, 6.07) is 10.5. The van der Waals surface area contributed by atoms with Gasteiger partial charge in [0.05, 0.1) is 11.4 Å². The number of benzene rings is 1. The molecule has 0 aromatic heterocycles. The highest BCUT2D eigenvalue weighted by Crippen LogP contribution is 2.35. The third-order valence-electron chi connectivity index (χ3n) is 5.11. The fourth-order valence-electron chi connectivity index (χ4n) is 3.65. The molecule has 2 saturated heterocycles. The first kappa shape index (κ1) is 24.6. The van der Waals surface area contributed by atoms with Crippen molar-refractivity contribution in [3.63, 3.8) is 0 Å². The highest BCUT2D eigenvalue weighted by Gasteiger charge is 2.43. The van der Waals surface area contributed by atoms with Gasteiger partial charge >= 0.3 is 12.1 Å². The van der Waals surface area contributed by atoms with E-state index in [1.807, 2.05) is 6.07 Å². The fourth-order valence-corrected chi connectivity index (χ4v) is 4.53. The number of sulfonamides is 1. The molecule has 2 aliphatic heterocycles. The number of halogens is 3. The zero-order valence-electron chi connectivity index (χ0n) is 16.7. The van der Waals surface area contributed by atoms with Gasteiger partial charge in [0.25, 0.3) is 0 Å². The van der Waals surface area contributed by atoms with Gasteiger partial charge < -0.3 is 9.84 Å². The van der Waals surface area contributed by atoms with Crippen LogP contribution in [0.3, 0.4) is 0 Å². The molecule has 2 aliphatic rings. The van der Waals surface area contributed by atoms with Crippen molar-refractivity contribution < 1.29 is 36.2 Å². The lowest BCUT2D eigenvalue weighted by Crippen LogP contribution is -2.50. The minimum absolute atomic E-state index is 0.00498. The molecule has 2 heterocycles. The second-order valence-electron chi connectivity index (χ2n) is 7.49. The van der Waals surface area contributed by atoms with Gasteiger partial charge in [-0.05, 0) is 31.7 Å². The standard InChI is InChI=1S/C17H26N2O3S.C2HF3O2/c1-2-23(20,21)18-16-8-11-22-17(12-16)9-10-19(14-17)13-15-6-4-3-5-7-15;3-2(4,5)1(6)7/h3-7,16,18H,2,8-14H2,1H3;(H,6,7)/t16-,17-;/m1./s1. The van der Waals surface area contributed by atoms with Crippen molar-refractivity contribution in [1.82, 2.24) is 9.62 Å². The van der Waals surface area contributed by atoms with E-state index in [0.29, 0.717) is 6.61 Å². The van der Waals surface area contributed by atoms with Gasteiger partial charge in [-0.1, -0.05) is 30.3 Å². The lowest BCUT2D eigenvalue weighted by atomic mass is 9.90. The van der Waals surface area contributed by atoms with Gasteiger partial charge in [0.1, 0.15) is 0 Å². The SMILES string of the molecule is CCS(=O)(=O)N[C@@H]1CCO[C@]2(CCN(Cc3ccccc3)C2)C1.O=C(O)C(F)(F)F. The first-order valence-corrected chi connectivity index (χ1v) is 11.3. The molecule has 0 amide bonds. The number of rotatable bonds is 5. The minimum Gasteiger partial charge on any atom is -0.475 e. The molecule has 0 bridgehead atoms. The minimum atomic E-state index is -5.08. The van der Waals surface area contributed by atoms with Crippen molar-refractivity contribution in [2.24, 2.45) is 0 Å². The average molecular weight is 452 g/mol. The largest absolute Gasteiger partial charge is 0.490 e. The van der Waals surface area contributed by atoms with Crippen LogP contribution in [0.25, 0.3) is 0 Å². The van der Waals surface area contributed by atoms with E-state index in [4.69, 9.17) is 14.6 Å². The molecule has 2 N–H and O–H groups in total. The van der Waals surface area contributed by atoms with E-state index in [1.165, 1.54) is 5.56 Å². The molecule has 11 heteroatoms. The van der Waals surface area contributed by atoms with E-state index in [9.17, 15) is 21.6 Å². The normalized spacial score (nSPS) is 25.0. The van der Waals surface area contributed by atoms with Crippen LogP contribution in [0.15, 0.2) is 30.3 Å². The van der Waals surface area contributed by atoms with Gasteiger partial charge in [0.2, 0.25) is 10.0 Å². The van der Waals surface area contributed by atoms with Crippen molar-refractivity contribution in [1.29, 1.82) is 0 Å². The van der Waals surface area contributed by atoms with Crippen molar-refractivity contribution in [2.45, 2.75) is 50.6 Å². The Morgan fingerprint density at radius 3 is 2.53 bits per heavy atom. The molecule has 2 fully saturated rings. The summed E-state index contributed by atoms with van der Waals surface area (Å²) in [7, 11) is -3.15. The van der Waals surface area contributed by atoms with E-state index in [2.05, 4.69) is 33.9 Å². The molecule has 1 aromatic rings. The zero-order valence-corrected chi connectivity index (χ0v) is 17.5. The number of aliphatic carboxylic acids is 1. The topological polar surface area (TPSA) is 95.9 Å². The number of carboxylic acids is 1. The Hall–Kier alpha value is -1.69. The van der Waals surface area contributed by atoms with Crippen molar-refractivity contribution in [2.75, 3.05) is 25.4 Å². The van der Waals surface area contributed by atoms with Gasteiger partial charge in [0.15, 0.2) is 0 Å². The molecule has 1 spiro atoms. The van der Waals surface area contributed by atoms with E-state index in [1.54, 1.807) is 6.92 Å². The average Bonchev–Trinajstić information content (AvgIpc) is 3.03. The summed E-state index contributed by atoms with van der Waals surface area (Å²) in [6.07, 6.45) is -2.57. The van der Waals surface area contributed by atoms with Gasteiger partial charge in [-0.25, -0.2) is 17.9 Å². The van der Waals surface area contributed by atoms with E-state index in [-0.39, 0.29) is 17.4 Å². The number of nitrogens with zero attached hydrogens (tertiary/aromatic N) is 1. The van der Waals surface area contributed by atoms with Crippen molar-refractivity contribution >= 4 is 16.0 Å². The summed E-state index contributed by atoms with van der Waals surface area (Å²) >= 11 is 0. The molecule has 0 saturated carbocycles. The smallest absolute Gasteiger partial charge is 0.475 e. The third-order valence-corrected chi connectivity index (χ3v) is 6.56. The first-order valence-electron chi connectivity index (χ1n) is 9.65. The number of hydrogen-bond donors (Lipinski definition) is 2. The van der Waals surface area contributed by atoms with Crippen LogP contribution < -0.4 is 4.72 Å². The van der Waals surface area contributed by atoms with Crippen LogP contribution in [0.4, 0.5) is 13.2 Å². The predicted octanol–water partition coefficient (Wildman–Crippen LogP) is 2.38. The number of likely N-dealkylation sites (tertiary alicyclic amines) is 1. The summed E-state index contributed by atoms with van der Waals surface area (Å²) in [5, 5.41) is 7.12. The van der Waals surface area contributed by atoms with Crippen LogP contribution in [0, 0.1) is 0 Å². The number of ether oxygens (including phenoxy) is 1. The van der Waals surface area contributed by atoms with Gasteiger partial charge in [-0.2, -0.15) is 13.2 Å². The zero-order chi connectivity index (χ0) is 22.4. The summed E-state index contributed by atoms with van der Waals surface area (Å²) in [4.78, 5) is 11.3. The summed E-state index contributed by atoms with van der Waals surface area (Å²) < 4.78 is 64.3. The maximum atomic E-state index is 11.8. The molecule has 170 valence electrons. The van der Waals surface area contributed by atoms with E-state index < -0.39 is 22.2 Å². The summed E-state index contributed by atoms with van der Waals surface area (Å²) in [5.74, 6) is -2.62. The first-order chi connectivity index (χ1) is 13.9. The summed E-state index contributed by atoms with van der Waals surface area (Å²) in [6.45, 7) is 5.12. The molecule has 0 radical (unpaired) electrons. The number of carbonyl (C=O) groups is 1. The lowest BCUT2D eigenvalue weighted by molar-refractivity contribution is -0.192. The Labute approximate surface area is 174 Å². The van der Waals surface area contributed by atoms with Crippen LogP contribution >= 0.6 is 0 Å². The van der Waals surface area contributed by atoms with Crippen LogP contribution in [-0.2, 0) is 26.1 Å². The highest BCUT2D eigenvalue weighted by atomic mass is 32.2. The van der Waals surface area contributed by atoms with Crippen molar-refractivity contribution in [3.8, 4) is 0 Å². The molecule has 1 aromatic carbocycles. The molecular formula is C19H27F3N2O5S. The quantitative estimate of drug-likeness (QED) is 0.712. The Kier molecular flexibility index (Phi) is 8.26. The van der Waals surface area contributed by atoms with Crippen LogP contribution in [0.1, 0.15) is 31.7 Å². The second kappa shape index (κ2) is 10.1. The monoisotopic (exact) mass is 452 g/mol. The Balaban J connectivity index is 0.000000396. The van der Waals surface area contributed by atoms with Gasteiger partial charge in [-0.15, -0.1) is 0 Å². The Morgan fingerprint density at radius 1 is 1.33 bits per heavy atom. The van der Waals surface area contributed by atoms with Gasteiger partial charge in [-0.3, -0.25) is 4.90 Å². The summed E-state index contributed by atoms with van der Waals surface area (Å²) in [5.41, 5.74) is 1.12. The maximum Gasteiger partial charge on any atom is 0.490 e. The lowest BCUT2D eigenvalue weighted by Gasteiger charge is -2.38. The van der Waals surface area contributed by atoms with Gasteiger partial charge in [0, 0.05) is 32.3 Å². The van der Waals surface area contributed by atoms with Crippen LogP contribution in [-0.4, -0.2) is 67.7 Å². The van der Waals surface area contributed by atoms with E-state index >= 15 is 0 Å². The molecule has 3 rings (SSSR count). The maximum absolute atomic E-state index is 11.8. The van der Waals surface area contributed by atoms with Crippen LogP contribution in [0.2, 0.25) is 0 Å². The molecule has 0 aliphatic carbocycles. The number of nitrogens with one attached hydrogen (secondary N) is 1. The molecule has 0 unspecified atom stereocenters. The van der Waals surface area contributed by atoms with Crippen LogP contribution in [0.5, 0.6) is 0 Å². The number of alkyl halides is 3. The Morgan fingerprint density at radius 2 is 1.97 bits per heavy atom. The fraction of sp³-hybridized carbons (Fsp3) is 0.632. The molecular weight excluding hydrogens is 425 g/mol.